The molecule has 1 aromatic carbocycles. The fourth-order valence-corrected chi connectivity index (χ4v) is 1.47. The lowest BCUT2D eigenvalue weighted by molar-refractivity contribution is 0.475. The molecule has 0 saturated carbocycles. The Kier molecular flexibility index (Phi) is 2.96. The fraction of sp³-hybridized carbons (Fsp3) is 0. The summed E-state index contributed by atoms with van der Waals surface area (Å²) < 4.78 is 0. The number of nitrogens with two attached hydrogens (primary N) is 2. The van der Waals surface area contributed by atoms with Gasteiger partial charge in [-0.2, -0.15) is 0 Å². The van der Waals surface area contributed by atoms with Crippen molar-refractivity contribution in [3.63, 3.8) is 0 Å². The van der Waals surface area contributed by atoms with E-state index in [1.165, 1.54) is 0 Å². The Hall–Kier alpha value is -2.49. The Balaban J connectivity index is 2.22. The van der Waals surface area contributed by atoms with Crippen molar-refractivity contribution in [2.45, 2.75) is 0 Å². The van der Waals surface area contributed by atoms with E-state index in [4.69, 9.17) is 16.6 Å². The van der Waals surface area contributed by atoms with Gasteiger partial charge in [0.05, 0.1) is 0 Å². The highest BCUT2D eigenvalue weighted by Crippen LogP contribution is 2.15. The summed E-state index contributed by atoms with van der Waals surface area (Å²) in [6.07, 6.45) is 3.80. The standard InChI is InChI=1S/C13H13N3O/c14-12-7-10(8-13(15)16-12)2-1-9-3-5-11(17)6-4-9/h1-8,17H,(H4,14,15,16). The molecule has 17 heavy (non-hydrogen) atoms. The van der Waals surface area contributed by atoms with Crippen LogP contribution < -0.4 is 11.5 Å². The smallest absolute Gasteiger partial charge is 0.126 e. The van der Waals surface area contributed by atoms with Crippen LogP contribution in [0.3, 0.4) is 0 Å². The van der Waals surface area contributed by atoms with Crippen molar-refractivity contribution < 1.29 is 5.11 Å². The van der Waals surface area contributed by atoms with Crippen LogP contribution in [0, 0.1) is 0 Å². The molecule has 1 heterocycles. The number of phenolic OH excluding ortho intramolecular Hbond substituents is 1. The lowest BCUT2D eigenvalue weighted by atomic mass is 10.1. The first-order valence-electron chi connectivity index (χ1n) is 5.13. The number of aromatic hydroxyl groups is 1. The quantitative estimate of drug-likeness (QED) is 0.733. The van der Waals surface area contributed by atoms with Crippen molar-refractivity contribution in [1.29, 1.82) is 0 Å². The third kappa shape index (κ3) is 2.98. The van der Waals surface area contributed by atoms with E-state index < -0.39 is 0 Å². The van der Waals surface area contributed by atoms with Crippen LogP contribution in [0.25, 0.3) is 12.2 Å². The molecule has 0 amide bonds. The number of aromatic nitrogens is 1. The van der Waals surface area contributed by atoms with Crippen molar-refractivity contribution in [2.75, 3.05) is 11.5 Å². The van der Waals surface area contributed by atoms with Gasteiger partial charge in [0.25, 0.3) is 0 Å². The minimum atomic E-state index is 0.250. The third-order valence-corrected chi connectivity index (χ3v) is 2.25. The molecule has 0 aliphatic rings. The molecule has 2 aromatic rings. The minimum absolute atomic E-state index is 0.250. The van der Waals surface area contributed by atoms with Gasteiger partial charge in [-0.15, -0.1) is 0 Å². The second kappa shape index (κ2) is 4.57. The van der Waals surface area contributed by atoms with Crippen LogP contribution in [0.2, 0.25) is 0 Å². The Morgan fingerprint density at radius 2 is 1.41 bits per heavy atom. The number of nitrogens with zero attached hydrogens (tertiary/aromatic N) is 1. The average molecular weight is 227 g/mol. The zero-order valence-corrected chi connectivity index (χ0v) is 9.17. The number of anilines is 2. The largest absolute Gasteiger partial charge is 0.508 e. The molecule has 4 nitrogen and oxygen atoms in total. The number of phenols is 1. The van der Waals surface area contributed by atoms with Gasteiger partial charge < -0.3 is 16.6 Å². The van der Waals surface area contributed by atoms with Crippen LogP contribution in [0.15, 0.2) is 36.4 Å². The van der Waals surface area contributed by atoms with Gasteiger partial charge in [-0.1, -0.05) is 24.3 Å². The molecule has 0 fully saturated rings. The summed E-state index contributed by atoms with van der Waals surface area (Å²) in [6, 6.07) is 10.4. The van der Waals surface area contributed by atoms with Crippen molar-refractivity contribution in [1.82, 2.24) is 4.98 Å². The maximum absolute atomic E-state index is 9.15. The van der Waals surface area contributed by atoms with Gasteiger partial charge in [0, 0.05) is 0 Å². The van der Waals surface area contributed by atoms with Crippen LogP contribution in [-0.4, -0.2) is 10.1 Å². The molecule has 0 aliphatic carbocycles. The van der Waals surface area contributed by atoms with Gasteiger partial charge in [0.1, 0.15) is 17.4 Å². The Morgan fingerprint density at radius 3 is 2.00 bits per heavy atom. The Labute approximate surface area is 99.2 Å². The lowest BCUT2D eigenvalue weighted by Crippen LogP contribution is -1.96. The van der Waals surface area contributed by atoms with Crippen LogP contribution in [-0.2, 0) is 0 Å². The number of hydrogen-bond acceptors (Lipinski definition) is 4. The summed E-state index contributed by atoms with van der Waals surface area (Å²) in [5, 5.41) is 9.15. The van der Waals surface area contributed by atoms with Crippen LogP contribution in [0.4, 0.5) is 11.6 Å². The summed E-state index contributed by atoms with van der Waals surface area (Å²) in [5.41, 5.74) is 13.1. The zero-order chi connectivity index (χ0) is 12.3. The maximum atomic E-state index is 9.15. The first kappa shape index (κ1) is 11.0. The van der Waals surface area contributed by atoms with Crippen LogP contribution in [0.1, 0.15) is 11.1 Å². The summed E-state index contributed by atoms with van der Waals surface area (Å²) in [5.74, 6) is 1.05. The SMILES string of the molecule is Nc1cc(C=Cc2ccc(O)cc2)cc(N)n1. The molecular weight excluding hydrogens is 214 g/mol. The molecule has 0 atom stereocenters. The minimum Gasteiger partial charge on any atom is -0.508 e. The normalized spacial score (nSPS) is 10.8. The molecule has 1 aromatic heterocycles. The van der Waals surface area contributed by atoms with E-state index in [-0.39, 0.29) is 5.75 Å². The summed E-state index contributed by atoms with van der Waals surface area (Å²) in [7, 11) is 0. The molecule has 0 radical (unpaired) electrons. The predicted octanol–water partition coefficient (Wildman–Crippen LogP) is 2.12. The number of rotatable bonds is 2. The summed E-state index contributed by atoms with van der Waals surface area (Å²) in [6.45, 7) is 0. The van der Waals surface area contributed by atoms with Crippen molar-refractivity contribution in [3.05, 3.63) is 47.5 Å². The molecular formula is C13H13N3O. The topological polar surface area (TPSA) is 85.2 Å². The number of nitrogen functional groups attached to an aromatic ring is 2. The number of hydrogen-bond donors (Lipinski definition) is 3. The summed E-state index contributed by atoms with van der Waals surface area (Å²) >= 11 is 0. The Morgan fingerprint density at radius 1 is 0.882 bits per heavy atom. The third-order valence-electron chi connectivity index (χ3n) is 2.25. The van der Waals surface area contributed by atoms with E-state index in [2.05, 4.69) is 4.98 Å². The number of benzene rings is 1. The van der Waals surface area contributed by atoms with E-state index in [1.54, 1.807) is 24.3 Å². The van der Waals surface area contributed by atoms with E-state index >= 15 is 0 Å². The Bertz CT molecular complexity index is 527. The zero-order valence-electron chi connectivity index (χ0n) is 9.17. The monoisotopic (exact) mass is 227 g/mol. The van der Waals surface area contributed by atoms with E-state index in [0.29, 0.717) is 11.6 Å². The second-order valence-electron chi connectivity index (χ2n) is 3.68. The summed E-state index contributed by atoms with van der Waals surface area (Å²) in [4.78, 5) is 3.89. The second-order valence-corrected chi connectivity index (χ2v) is 3.68. The lowest BCUT2D eigenvalue weighted by Gasteiger charge is -1.99. The predicted molar refractivity (Wildman–Crippen MR) is 70.1 cm³/mol. The van der Waals surface area contributed by atoms with Crippen LogP contribution in [0.5, 0.6) is 5.75 Å². The van der Waals surface area contributed by atoms with Crippen molar-refractivity contribution in [3.8, 4) is 5.75 Å². The van der Waals surface area contributed by atoms with Gasteiger partial charge in [0.15, 0.2) is 0 Å². The van der Waals surface area contributed by atoms with Crippen molar-refractivity contribution >= 4 is 23.8 Å². The highest BCUT2D eigenvalue weighted by atomic mass is 16.3. The van der Waals surface area contributed by atoms with Gasteiger partial charge >= 0.3 is 0 Å². The molecule has 0 saturated heterocycles. The molecule has 0 unspecified atom stereocenters. The molecule has 2 rings (SSSR count). The molecule has 0 aliphatic heterocycles. The first-order valence-corrected chi connectivity index (χ1v) is 5.13. The highest BCUT2D eigenvalue weighted by molar-refractivity contribution is 5.71. The number of pyridine rings is 1. The van der Waals surface area contributed by atoms with Gasteiger partial charge in [0.2, 0.25) is 0 Å². The van der Waals surface area contributed by atoms with Gasteiger partial charge in [-0.3, -0.25) is 0 Å². The molecule has 0 bridgehead atoms. The molecule has 5 N–H and O–H groups in total. The fourth-order valence-electron chi connectivity index (χ4n) is 1.47. The van der Waals surface area contributed by atoms with E-state index in [9.17, 15) is 0 Å². The van der Waals surface area contributed by atoms with Gasteiger partial charge in [-0.25, -0.2) is 4.98 Å². The average Bonchev–Trinajstić information content (AvgIpc) is 2.27. The first-order chi connectivity index (χ1) is 8.13. The molecule has 86 valence electrons. The molecule has 0 spiro atoms. The molecule has 4 heteroatoms. The van der Waals surface area contributed by atoms with Crippen molar-refractivity contribution in [2.24, 2.45) is 0 Å². The maximum Gasteiger partial charge on any atom is 0.126 e. The van der Waals surface area contributed by atoms with E-state index in [0.717, 1.165) is 11.1 Å². The highest BCUT2D eigenvalue weighted by Gasteiger charge is 1.94. The van der Waals surface area contributed by atoms with Crippen LogP contribution >= 0.6 is 0 Å². The van der Waals surface area contributed by atoms with E-state index in [1.807, 2.05) is 24.3 Å². The van der Waals surface area contributed by atoms with Gasteiger partial charge in [-0.05, 0) is 35.4 Å².